The molecule has 1 aromatic carbocycles. The normalized spacial score (nSPS) is 22.9. The van der Waals surface area contributed by atoms with E-state index in [0.717, 1.165) is 16.8 Å². The molecule has 0 bridgehead atoms. The van der Waals surface area contributed by atoms with Gasteiger partial charge in [-0.2, -0.15) is 13.2 Å². The van der Waals surface area contributed by atoms with Gasteiger partial charge in [-0.3, -0.25) is 4.79 Å². The van der Waals surface area contributed by atoms with E-state index in [2.05, 4.69) is 4.98 Å². The van der Waals surface area contributed by atoms with Gasteiger partial charge in [0.1, 0.15) is 5.75 Å². The Morgan fingerprint density at radius 1 is 1.37 bits per heavy atom. The van der Waals surface area contributed by atoms with Crippen LogP contribution in [-0.2, 0) is 6.18 Å². The third-order valence-electron chi connectivity index (χ3n) is 4.84. The summed E-state index contributed by atoms with van der Waals surface area (Å²) < 4.78 is 47.9. The average Bonchev–Trinajstić information content (AvgIpc) is 2.51. The lowest BCUT2D eigenvalue weighted by Crippen LogP contribution is -2.45. The van der Waals surface area contributed by atoms with E-state index in [4.69, 9.17) is 4.74 Å². The van der Waals surface area contributed by atoms with Crippen LogP contribution < -0.4 is 10.3 Å². The molecule has 1 N–H and O–H groups in total. The van der Waals surface area contributed by atoms with Crippen LogP contribution in [0.4, 0.5) is 13.2 Å². The second kappa shape index (κ2) is 6.82. The molecular weight excluding hydrogens is 361 g/mol. The fourth-order valence-corrected chi connectivity index (χ4v) is 3.45. The summed E-state index contributed by atoms with van der Waals surface area (Å²) >= 11 is 0. The van der Waals surface area contributed by atoms with Crippen LogP contribution in [0.1, 0.15) is 51.6 Å². The zero-order valence-corrected chi connectivity index (χ0v) is 15.5. The molecule has 3 rings (SSSR count). The highest BCUT2D eigenvalue weighted by Crippen LogP contribution is 2.44. The summed E-state index contributed by atoms with van der Waals surface area (Å²) in [4.78, 5) is 16.2. The highest BCUT2D eigenvalue weighted by molar-refractivity contribution is 5.81. The average molecular weight is 384 g/mol. The predicted molar refractivity (Wildman–Crippen MR) is 94.8 cm³/mol. The number of hydrogen-bond donors (Lipinski definition) is 1. The van der Waals surface area contributed by atoms with E-state index in [1.165, 1.54) is 6.07 Å². The lowest BCUT2D eigenvalue weighted by molar-refractivity contribution is -0.136. The molecule has 5 nitrogen and oxygen atoms in total. The van der Waals surface area contributed by atoms with Crippen molar-refractivity contribution in [2.24, 2.45) is 5.92 Å². The number of hydrogen-bond acceptors (Lipinski definition) is 4. The summed E-state index contributed by atoms with van der Waals surface area (Å²) in [6.07, 6.45) is -2.50. The van der Waals surface area contributed by atoms with Crippen LogP contribution >= 0.6 is 0 Å². The quantitative estimate of drug-likeness (QED) is 0.849. The van der Waals surface area contributed by atoms with Gasteiger partial charge >= 0.3 is 6.18 Å². The van der Waals surface area contributed by atoms with Gasteiger partial charge in [-0.1, -0.05) is 13.8 Å². The summed E-state index contributed by atoms with van der Waals surface area (Å²) in [7, 11) is 0. The topological polar surface area (TPSA) is 64.3 Å². The number of halogens is 3. The smallest absolute Gasteiger partial charge is 0.418 e. The van der Waals surface area contributed by atoms with Gasteiger partial charge in [0.05, 0.1) is 35.0 Å². The number of nitrogens with zero attached hydrogens (tertiary/aromatic N) is 2. The second-order valence-corrected chi connectivity index (χ2v) is 7.89. The summed E-state index contributed by atoms with van der Waals surface area (Å²) in [5, 5.41) is 9.95. The number of benzene rings is 1. The van der Waals surface area contributed by atoms with Crippen LogP contribution in [0.25, 0.3) is 11.0 Å². The number of ether oxygens (including phenoxy) is 1. The molecule has 1 aromatic heterocycles. The number of aromatic nitrogens is 2. The molecule has 1 aliphatic rings. The van der Waals surface area contributed by atoms with Crippen molar-refractivity contribution in [3.05, 3.63) is 34.2 Å². The van der Waals surface area contributed by atoms with Crippen molar-refractivity contribution >= 4 is 11.0 Å². The lowest BCUT2D eigenvalue weighted by Gasteiger charge is -2.42. The zero-order chi connectivity index (χ0) is 20.0. The number of rotatable bonds is 5. The molecule has 0 radical (unpaired) electrons. The minimum Gasteiger partial charge on any atom is -0.493 e. The summed E-state index contributed by atoms with van der Waals surface area (Å²) in [6.45, 7) is 5.90. The standard InChI is InChI=1S/C19H23F3N2O3/c1-11(2)4-5-27-13-6-14(19(20,21)22)17-15(7-13)23-10-16(25)24(17)12-8-18(3,26)9-12/h6-7,10-12,26H,4-5,8-9H2,1-3H3. The Hall–Kier alpha value is -2.09. The third kappa shape index (κ3) is 4.10. The van der Waals surface area contributed by atoms with Gasteiger partial charge in [0.15, 0.2) is 0 Å². The minimum absolute atomic E-state index is 0.0514. The maximum atomic E-state index is 13.7. The first-order valence-corrected chi connectivity index (χ1v) is 8.95. The molecular formula is C19H23F3N2O3. The first-order valence-electron chi connectivity index (χ1n) is 8.95. The summed E-state index contributed by atoms with van der Waals surface area (Å²) in [5.41, 5.74) is -2.74. The van der Waals surface area contributed by atoms with Crippen molar-refractivity contribution in [2.45, 2.75) is 57.9 Å². The lowest BCUT2D eigenvalue weighted by atomic mass is 9.77. The first kappa shape index (κ1) is 19.7. The molecule has 0 atom stereocenters. The molecule has 0 amide bonds. The van der Waals surface area contributed by atoms with E-state index < -0.39 is 28.9 Å². The molecule has 27 heavy (non-hydrogen) atoms. The van der Waals surface area contributed by atoms with Crippen molar-refractivity contribution in [1.82, 2.24) is 9.55 Å². The zero-order valence-electron chi connectivity index (χ0n) is 15.5. The Labute approximate surface area is 154 Å². The number of fused-ring (bicyclic) bond motifs is 1. The molecule has 1 fully saturated rings. The molecule has 1 heterocycles. The predicted octanol–water partition coefficient (Wildman–Crippen LogP) is 3.93. The van der Waals surface area contributed by atoms with Gasteiger partial charge in [0.25, 0.3) is 5.56 Å². The Kier molecular flexibility index (Phi) is 4.96. The molecule has 148 valence electrons. The van der Waals surface area contributed by atoms with Crippen molar-refractivity contribution in [3.63, 3.8) is 0 Å². The molecule has 8 heteroatoms. The molecule has 0 aliphatic heterocycles. The second-order valence-electron chi connectivity index (χ2n) is 7.89. The van der Waals surface area contributed by atoms with Gasteiger partial charge in [0.2, 0.25) is 0 Å². The van der Waals surface area contributed by atoms with Crippen molar-refractivity contribution < 1.29 is 23.0 Å². The van der Waals surface area contributed by atoms with Crippen LogP contribution in [0, 0.1) is 5.92 Å². The summed E-state index contributed by atoms with van der Waals surface area (Å²) in [5.74, 6) is 0.441. The van der Waals surface area contributed by atoms with Crippen molar-refractivity contribution in [2.75, 3.05) is 6.61 Å². The van der Waals surface area contributed by atoms with E-state index in [-0.39, 0.29) is 29.6 Å². The molecule has 1 aliphatic carbocycles. The van der Waals surface area contributed by atoms with Gasteiger partial charge in [-0.05, 0) is 38.2 Å². The molecule has 0 saturated heterocycles. The highest BCUT2D eigenvalue weighted by atomic mass is 19.4. The SMILES string of the molecule is CC(C)CCOc1cc(C(F)(F)F)c2c(c1)ncc(=O)n2C1CC(C)(O)C1. The van der Waals surface area contributed by atoms with E-state index in [1.54, 1.807) is 6.92 Å². The van der Waals surface area contributed by atoms with Crippen LogP contribution in [0.2, 0.25) is 0 Å². The van der Waals surface area contributed by atoms with E-state index in [0.29, 0.717) is 18.9 Å². The van der Waals surface area contributed by atoms with Crippen LogP contribution in [-0.4, -0.2) is 26.9 Å². The monoisotopic (exact) mass is 384 g/mol. The summed E-state index contributed by atoms with van der Waals surface area (Å²) in [6, 6.07) is 1.86. The molecule has 0 unspecified atom stereocenters. The van der Waals surface area contributed by atoms with Crippen LogP contribution in [0.3, 0.4) is 0 Å². The fourth-order valence-electron chi connectivity index (χ4n) is 3.45. The van der Waals surface area contributed by atoms with E-state index >= 15 is 0 Å². The Morgan fingerprint density at radius 2 is 2.04 bits per heavy atom. The van der Waals surface area contributed by atoms with Crippen LogP contribution in [0.15, 0.2) is 23.1 Å². The fraction of sp³-hybridized carbons (Fsp3) is 0.579. The molecule has 0 spiro atoms. The van der Waals surface area contributed by atoms with Gasteiger partial charge in [-0.25, -0.2) is 4.98 Å². The van der Waals surface area contributed by atoms with E-state index in [9.17, 15) is 23.1 Å². The van der Waals surface area contributed by atoms with Gasteiger partial charge in [-0.15, -0.1) is 0 Å². The maximum absolute atomic E-state index is 13.7. The van der Waals surface area contributed by atoms with Crippen LogP contribution in [0.5, 0.6) is 5.75 Å². The van der Waals surface area contributed by atoms with Gasteiger partial charge < -0.3 is 14.4 Å². The molecule has 1 saturated carbocycles. The highest BCUT2D eigenvalue weighted by Gasteiger charge is 2.42. The number of aliphatic hydroxyl groups is 1. The maximum Gasteiger partial charge on any atom is 0.418 e. The largest absolute Gasteiger partial charge is 0.493 e. The third-order valence-corrected chi connectivity index (χ3v) is 4.84. The van der Waals surface area contributed by atoms with Crippen molar-refractivity contribution in [1.29, 1.82) is 0 Å². The Balaban J connectivity index is 2.11. The van der Waals surface area contributed by atoms with E-state index in [1.807, 2.05) is 13.8 Å². The van der Waals surface area contributed by atoms with Crippen molar-refractivity contribution in [3.8, 4) is 5.75 Å². The first-order chi connectivity index (χ1) is 12.5. The Morgan fingerprint density at radius 3 is 2.59 bits per heavy atom. The minimum atomic E-state index is -4.67. The van der Waals surface area contributed by atoms with Gasteiger partial charge in [0, 0.05) is 12.1 Å². The number of alkyl halides is 3. The Bertz CT molecular complexity index is 895. The molecule has 2 aromatic rings.